The average molecular weight is 255 g/mol. The lowest BCUT2D eigenvalue weighted by Crippen LogP contribution is -2.47. The molecule has 0 radical (unpaired) electrons. The molecule has 2 N–H and O–H groups in total. The van der Waals surface area contributed by atoms with Crippen LogP contribution in [0.2, 0.25) is 0 Å². The predicted octanol–water partition coefficient (Wildman–Crippen LogP) is 1.00. The smallest absolute Gasteiger partial charge is 0.326 e. The van der Waals surface area contributed by atoms with Gasteiger partial charge >= 0.3 is 5.97 Å². The summed E-state index contributed by atoms with van der Waals surface area (Å²) < 4.78 is 0. The molecule has 2 rings (SSSR count). The summed E-state index contributed by atoms with van der Waals surface area (Å²) >= 11 is 0. The zero-order valence-corrected chi connectivity index (χ0v) is 10.8. The number of carboxylic acids is 1. The molecule has 102 valence electrons. The van der Waals surface area contributed by atoms with E-state index in [1.54, 1.807) is 0 Å². The van der Waals surface area contributed by atoms with Crippen LogP contribution >= 0.6 is 0 Å². The van der Waals surface area contributed by atoms with Crippen LogP contribution in [0.4, 0.5) is 0 Å². The number of hydrogen-bond acceptors (Lipinski definition) is 3. The summed E-state index contributed by atoms with van der Waals surface area (Å²) in [7, 11) is 0. The van der Waals surface area contributed by atoms with Gasteiger partial charge in [-0.1, -0.05) is 19.8 Å². The lowest BCUT2D eigenvalue weighted by atomic mass is 9.81. The Hall–Kier alpha value is -1.10. The Labute approximate surface area is 107 Å². The Kier molecular flexibility index (Phi) is 3.61. The molecular weight excluding hydrogens is 234 g/mol. The van der Waals surface area contributed by atoms with E-state index in [1.807, 2.05) is 6.92 Å². The van der Waals surface area contributed by atoms with Crippen LogP contribution in [0.1, 0.15) is 45.4 Å². The maximum atomic E-state index is 12.6. The number of rotatable bonds is 3. The third-order valence-electron chi connectivity index (χ3n) is 4.52. The number of β-amino-alcohol motifs (C(OH)–C–C–N with tert-alkyl or cyclic N) is 1. The van der Waals surface area contributed by atoms with Crippen molar-refractivity contribution in [3.05, 3.63) is 0 Å². The Morgan fingerprint density at radius 3 is 2.44 bits per heavy atom. The second-order valence-electron chi connectivity index (χ2n) is 5.54. The Morgan fingerprint density at radius 1 is 1.33 bits per heavy atom. The number of aliphatic hydroxyl groups is 1. The quantitative estimate of drug-likeness (QED) is 0.788. The van der Waals surface area contributed by atoms with Crippen molar-refractivity contribution in [3.8, 4) is 0 Å². The fourth-order valence-corrected chi connectivity index (χ4v) is 3.35. The molecule has 2 aliphatic rings. The van der Waals surface area contributed by atoms with Gasteiger partial charge in [-0.3, -0.25) is 4.79 Å². The molecule has 5 heteroatoms. The first-order valence-electron chi connectivity index (χ1n) is 6.72. The topological polar surface area (TPSA) is 77.8 Å². The molecule has 2 atom stereocenters. The normalized spacial score (nSPS) is 30.7. The average Bonchev–Trinajstić information content (AvgIpc) is 2.95. The maximum Gasteiger partial charge on any atom is 0.326 e. The van der Waals surface area contributed by atoms with Crippen molar-refractivity contribution < 1.29 is 19.8 Å². The van der Waals surface area contributed by atoms with E-state index in [9.17, 15) is 14.7 Å². The molecule has 0 bridgehead atoms. The molecule has 0 spiro atoms. The maximum absolute atomic E-state index is 12.6. The number of carboxylic acid groups (broad SMARTS) is 1. The first-order valence-corrected chi connectivity index (χ1v) is 6.72. The van der Waals surface area contributed by atoms with Crippen LogP contribution in [-0.2, 0) is 9.59 Å². The van der Waals surface area contributed by atoms with E-state index >= 15 is 0 Å². The number of likely N-dealkylation sites (tertiary alicyclic amines) is 1. The van der Waals surface area contributed by atoms with Crippen LogP contribution in [0.3, 0.4) is 0 Å². The van der Waals surface area contributed by atoms with Gasteiger partial charge in [-0.2, -0.15) is 0 Å². The fraction of sp³-hybridized carbons (Fsp3) is 0.846. The minimum atomic E-state index is -1.01. The minimum Gasteiger partial charge on any atom is -0.480 e. The zero-order valence-electron chi connectivity index (χ0n) is 10.8. The van der Waals surface area contributed by atoms with Crippen LogP contribution in [0.25, 0.3) is 0 Å². The summed E-state index contributed by atoms with van der Waals surface area (Å²) in [4.78, 5) is 25.2. The number of aliphatic carboxylic acids is 1. The van der Waals surface area contributed by atoms with Crippen molar-refractivity contribution in [2.75, 3.05) is 6.54 Å². The Bertz CT molecular complexity index is 349. The second-order valence-corrected chi connectivity index (χ2v) is 5.54. The largest absolute Gasteiger partial charge is 0.480 e. The molecular formula is C13H21NO4. The van der Waals surface area contributed by atoms with E-state index in [2.05, 4.69) is 0 Å². The Balaban J connectivity index is 2.19. The van der Waals surface area contributed by atoms with E-state index < -0.39 is 18.1 Å². The summed E-state index contributed by atoms with van der Waals surface area (Å²) in [5.74, 6) is -1.07. The molecule has 1 aliphatic carbocycles. The molecule has 1 heterocycles. The van der Waals surface area contributed by atoms with Crippen LogP contribution in [0.15, 0.2) is 0 Å². The van der Waals surface area contributed by atoms with E-state index in [0.29, 0.717) is 0 Å². The van der Waals surface area contributed by atoms with Gasteiger partial charge in [0, 0.05) is 18.4 Å². The number of hydrogen-bond donors (Lipinski definition) is 2. The van der Waals surface area contributed by atoms with E-state index in [4.69, 9.17) is 5.11 Å². The highest BCUT2D eigenvalue weighted by atomic mass is 16.4. The first-order chi connectivity index (χ1) is 8.50. The van der Waals surface area contributed by atoms with Crippen molar-refractivity contribution in [3.63, 3.8) is 0 Å². The minimum absolute atomic E-state index is 0.0635. The van der Waals surface area contributed by atoms with Gasteiger partial charge in [-0.15, -0.1) is 0 Å². The molecule has 0 aromatic heterocycles. The molecule has 0 aromatic rings. The molecule has 1 saturated heterocycles. The highest BCUT2D eigenvalue weighted by Crippen LogP contribution is 2.43. The van der Waals surface area contributed by atoms with Crippen molar-refractivity contribution in [1.82, 2.24) is 4.90 Å². The summed E-state index contributed by atoms with van der Waals surface area (Å²) in [6.07, 6.45) is 3.97. The number of nitrogens with zero attached hydrogens (tertiary/aromatic N) is 1. The molecule has 1 amide bonds. The molecule has 18 heavy (non-hydrogen) atoms. The van der Waals surface area contributed by atoms with E-state index in [-0.39, 0.29) is 24.3 Å². The van der Waals surface area contributed by atoms with Crippen LogP contribution in [-0.4, -0.2) is 45.7 Å². The summed E-state index contributed by atoms with van der Waals surface area (Å²) in [6, 6.07) is -0.850. The fourth-order valence-electron chi connectivity index (χ4n) is 3.35. The monoisotopic (exact) mass is 255 g/mol. The van der Waals surface area contributed by atoms with Crippen molar-refractivity contribution >= 4 is 11.9 Å². The SMILES string of the molecule is CCC1(C(=O)N2CC(O)C[C@H]2C(=O)O)CCCC1. The number of carbonyl (C=O) groups is 2. The van der Waals surface area contributed by atoms with Gasteiger partial charge in [0.1, 0.15) is 6.04 Å². The van der Waals surface area contributed by atoms with Gasteiger partial charge in [0.25, 0.3) is 0 Å². The van der Waals surface area contributed by atoms with E-state index in [0.717, 1.165) is 32.1 Å². The lowest BCUT2D eigenvalue weighted by molar-refractivity contribution is -0.153. The van der Waals surface area contributed by atoms with Gasteiger partial charge in [0.15, 0.2) is 0 Å². The number of aliphatic hydroxyl groups excluding tert-OH is 1. The van der Waals surface area contributed by atoms with Gasteiger partial charge in [0.2, 0.25) is 5.91 Å². The summed E-state index contributed by atoms with van der Waals surface area (Å²) in [6.45, 7) is 2.16. The van der Waals surface area contributed by atoms with Crippen molar-refractivity contribution in [2.24, 2.45) is 5.41 Å². The second kappa shape index (κ2) is 4.88. The predicted molar refractivity (Wildman–Crippen MR) is 65.0 cm³/mol. The van der Waals surface area contributed by atoms with Gasteiger partial charge in [-0.25, -0.2) is 4.79 Å². The lowest BCUT2D eigenvalue weighted by Gasteiger charge is -2.33. The molecule has 1 saturated carbocycles. The Morgan fingerprint density at radius 2 is 1.94 bits per heavy atom. The third kappa shape index (κ3) is 2.11. The zero-order chi connectivity index (χ0) is 13.3. The number of carbonyl (C=O) groups excluding carboxylic acids is 1. The molecule has 1 unspecified atom stereocenters. The van der Waals surface area contributed by atoms with E-state index in [1.165, 1.54) is 4.90 Å². The molecule has 0 aromatic carbocycles. The summed E-state index contributed by atoms with van der Waals surface area (Å²) in [5.41, 5.74) is -0.377. The van der Waals surface area contributed by atoms with Crippen molar-refractivity contribution in [2.45, 2.75) is 57.6 Å². The van der Waals surface area contributed by atoms with Gasteiger partial charge in [-0.05, 0) is 19.3 Å². The highest BCUT2D eigenvalue weighted by molar-refractivity contribution is 5.88. The highest BCUT2D eigenvalue weighted by Gasteiger charge is 2.48. The molecule has 1 aliphatic heterocycles. The first kappa shape index (κ1) is 13.3. The molecule has 2 fully saturated rings. The summed E-state index contributed by atoms with van der Waals surface area (Å²) in [5, 5.41) is 18.8. The third-order valence-corrected chi connectivity index (χ3v) is 4.52. The van der Waals surface area contributed by atoms with Crippen LogP contribution in [0.5, 0.6) is 0 Å². The molecule has 5 nitrogen and oxygen atoms in total. The standard InChI is InChI=1S/C13H21NO4/c1-2-13(5-3-4-6-13)12(18)14-8-9(15)7-10(14)11(16)17/h9-10,15H,2-8H2,1H3,(H,16,17)/t9?,10-/m0/s1. The van der Waals surface area contributed by atoms with Crippen molar-refractivity contribution in [1.29, 1.82) is 0 Å². The van der Waals surface area contributed by atoms with Crippen LogP contribution in [0, 0.1) is 5.41 Å². The van der Waals surface area contributed by atoms with Gasteiger partial charge in [0.05, 0.1) is 6.10 Å². The van der Waals surface area contributed by atoms with Gasteiger partial charge < -0.3 is 15.1 Å². The number of amides is 1. The van der Waals surface area contributed by atoms with Crippen LogP contribution < -0.4 is 0 Å².